The molecule has 1 atom stereocenters. The fraction of sp³-hybridized carbons (Fsp3) is 0.625. The molecule has 0 bridgehead atoms. The Bertz CT molecular complexity index is 222. The summed E-state index contributed by atoms with van der Waals surface area (Å²) in [5.74, 6) is -0.561. The van der Waals surface area contributed by atoms with Crippen LogP contribution in [-0.2, 0) is 4.79 Å². The number of hydrogen-bond donors (Lipinski definition) is 1. The Balaban J connectivity index is 2.44. The number of nitrogens with one attached hydrogen (secondary N) is 1. The molecule has 1 aliphatic carbocycles. The summed E-state index contributed by atoms with van der Waals surface area (Å²) in [5, 5.41) is 2.64. The van der Waals surface area contributed by atoms with Crippen LogP contribution in [0.5, 0.6) is 0 Å². The van der Waals surface area contributed by atoms with Crippen molar-refractivity contribution in [3.8, 4) is 0 Å². The van der Waals surface area contributed by atoms with Gasteiger partial charge < -0.3 is 5.32 Å². The minimum absolute atomic E-state index is 0.0110. The zero-order valence-corrected chi connectivity index (χ0v) is 9.16. The molecule has 0 heterocycles. The molecule has 0 unspecified atom stereocenters. The van der Waals surface area contributed by atoms with Crippen molar-refractivity contribution in [1.29, 1.82) is 0 Å². The van der Waals surface area contributed by atoms with Crippen molar-refractivity contribution in [3.63, 3.8) is 0 Å². The molecule has 0 fully saturated rings. The van der Waals surface area contributed by atoms with E-state index in [9.17, 15) is 4.79 Å². The smallest absolute Gasteiger partial charge is 0.272 e. The van der Waals surface area contributed by atoms with Crippen LogP contribution in [0, 0.1) is 0 Å². The quantitative estimate of drug-likeness (QED) is 0.556. The number of rotatable bonds is 1. The maximum absolute atomic E-state index is 11.2. The summed E-state index contributed by atoms with van der Waals surface area (Å²) in [4.78, 5) is 11.2. The molecule has 5 heteroatoms. The molecule has 0 aromatic carbocycles. The zero-order valence-electron chi connectivity index (χ0n) is 6.90. The number of hydrogen-bond acceptors (Lipinski definition) is 1. The lowest BCUT2D eigenvalue weighted by atomic mass is 10.0. The molecule has 1 amide bonds. The first-order valence-corrected chi connectivity index (χ1v) is 5.18. The number of halogens is 3. The largest absolute Gasteiger partial charge is 0.346 e. The monoisotopic (exact) mass is 241 g/mol. The SMILES string of the molecule is O=C(N[C@H]1C=CCCC1)C(Cl)(Cl)Cl. The highest BCUT2D eigenvalue weighted by Gasteiger charge is 2.31. The van der Waals surface area contributed by atoms with Crippen molar-refractivity contribution < 1.29 is 4.79 Å². The zero-order chi connectivity index (χ0) is 9.90. The minimum atomic E-state index is -1.86. The summed E-state index contributed by atoms with van der Waals surface area (Å²) >= 11 is 16.2. The number of allylic oxidation sites excluding steroid dienone is 1. The Morgan fingerprint density at radius 2 is 2.15 bits per heavy atom. The van der Waals surface area contributed by atoms with Crippen molar-refractivity contribution in [3.05, 3.63) is 12.2 Å². The van der Waals surface area contributed by atoms with E-state index in [1.54, 1.807) is 0 Å². The van der Waals surface area contributed by atoms with Crippen LogP contribution in [0.15, 0.2) is 12.2 Å². The van der Waals surface area contributed by atoms with Crippen LogP contribution >= 0.6 is 34.8 Å². The van der Waals surface area contributed by atoms with Crippen molar-refractivity contribution in [2.24, 2.45) is 0 Å². The van der Waals surface area contributed by atoms with E-state index in [1.165, 1.54) is 0 Å². The number of alkyl halides is 3. The van der Waals surface area contributed by atoms with Gasteiger partial charge in [-0.3, -0.25) is 4.79 Å². The summed E-state index contributed by atoms with van der Waals surface area (Å²) < 4.78 is -1.86. The number of carbonyl (C=O) groups is 1. The van der Waals surface area contributed by atoms with E-state index in [-0.39, 0.29) is 6.04 Å². The molecule has 1 N–H and O–H groups in total. The van der Waals surface area contributed by atoms with Gasteiger partial charge in [0.05, 0.1) is 0 Å². The molecule has 0 aromatic rings. The van der Waals surface area contributed by atoms with Gasteiger partial charge in [0.25, 0.3) is 9.70 Å². The lowest BCUT2D eigenvalue weighted by Gasteiger charge is -2.20. The van der Waals surface area contributed by atoms with Gasteiger partial charge in [0.2, 0.25) is 0 Å². The van der Waals surface area contributed by atoms with Gasteiger partial charge in [-0.25, -0.2) is 0 Å². The molecule has 0 aromatic heterocycles. The molecule has 2 nitrogen and oxygen atoms in total. The average molecular weight is 243 g/mol. The highest BCUT2D eigenvalue weighted by molar-refractivity contribution is 6.76. The van der Waals surface area contributed by atoms with Gasteiger partial charge in [0.1, 0.15) is 0 Å². The molecule has 74 valence electrons. The topological polar surface area (TPSA) is 29.1 Å². The minimum Gasteiger partial charge on any atom is -0.346 e. The van der Waals surface area contributed by atoms with E-state index in [1.807, 2.05) is 12.2 Å². The highest BCUT2D eigenvalue weighted by atomic mass is 35.6. The van der Waals surface area contributed by atoms with Gasteiger partial charge in [0, 0.05) is 6.04 Å². The first kappa shape index (κ1) is 11.2. The maximum atomic E-state index is 11.2. The number of amides is 1. The fourth-order valence-electron chi connectivity index (χ4n) is 1.18. The van der Waals surface area contributed by atoms with E-state index in [0.717, 1.165) is 19.3 Å². The first-order valence-electron chi connectivity index (χ1n) is 4.04. The summed E-state index contributed by atoms with van der Waals surface area (Å²) in [6.07, 6.45) is 6.97. The summed E-state index contributed by atoms with van der Waals surface area (Å²) in [7, 11) is 0. The van der Waals surface area contributed by atoms with E-state index in [4.69, 9.17) is 34.8 Å². The first-order chi connectivity index (χ1) is 6.00. The van der Waals surface area contributed by atoms with Gasteiger partial charge in [-0.05, 0) is 19.3 Å². The molecule has 0 aliphatic heterocycles. The molecule has 1 aliphatic rings. The third-order valence-corrected chi connectivity index (χ3v) is 2.34. The Hall–Kier alpha value is 0.0800. The highest BCUT2D eigenvalue weighted by Crippen LogP contribution is 2.26. The van der Waals surface area contributed by atoms with Gasteiger partial charge >= 0.3 is 0 Å². The van der Waals surface area contributed by atoms with Crippen molar-refractivity contribution in [2.45, 2.75) is 29.1 Å². The van der Waals surface area contributed by atoms with E-state index >= 15 is 0 Å². The van der Waals surface area contributed by atoms with Gasteiger partial charge in [-0.1, -0.05) is 47.0 Å². The van der Waals surface area contributed by atoms with Crippen LogP contribution in [0.1, 0.15) is 19.3 Å². The molecule has 0 spiro atoms. The lowest BCUT2D eigenvalue weighted by Crippen LogP contribution is -2.41. The van der Waals surface area contributed by atoms with Crippen LogP contribution in [0.2, 0.25) is 0 Å². The second-order valence-corrected chi connectivity index (χ2v) is 5.22. The lowest BCUT2D eigenvalue weighted by molar-refractivity contribution is -0.120. The third-order valence-electron chi connectivity index (χ3n) is 1.83. The van der Waals surface area contributed by atoms with Gasteiger partial charge in [0.15, 0.2) is 0 Å². The predicted octanol–water partition coefficient (Wildman–Crippen LogP) is 2.58. The molecule has 0 saturated heterocycles. The Morgan fingerprint density at radius 3 is 2.62 bits per heavy atom. The standard InChI is InChI=1S/C8H10Cl3NO/c9-8(10,11)7(13)12-6-4-2-1-3-5-6/h2,4,6H,1,3,5H2,(H,12,13)/t6-/m0/s1. The molecule has 13 heavy (non-hydrogen) atoms. The second-order valence-electron chi connectivity index (χ2n) is 2.94. The Morgan fingerprint density at radius 1 is 1.46 bits per heavy atom. The van der Waals surface area contributed by atoms with Crippen molar-refractivity contribution in [1.82, 2.24) is 5.32 Å². The second kappa shape index (κ2) is 4.54. The van der Waals surface area contributed by atoms with E-state index in [2.05, 4.69) is 5.32 Å². The Kier molecular flexibility index (Phi) is 3.89. The summed E-state index contributed by atoms with van der Waals surface area (Å²) in [5.41, 5.74) is 0. The Labute approximate surface area is 92.2 Å². The maximum Gasteiger partial charge on any atom is 0.272 e. The van der Waals surface area contributed by atoms with E-state index in [0.29, 0.717) is 0 Å². The summed E-state index contributed by atoms with van der Waals surface area (Å²) in [6.45, 7) is 0. The van der Waals surface area contributed by atoms with Crippen molar-refractivity contribution in [2.75, 3.05) is 0 Å². The molecule has 0 saturated carbocycles. The number of carbonyl (C=O) groups excluding carboxylic acids is 1. The van der Waals surface area contributed by atoms with Crippen LogP contribution in [-0.4, -0.2) is 15.7 Å². The fourth-order valence-corrected chi connectivity index (χ4v) is 1.35. The van der Waals surface area contributed by atoms with E-state index < -0.39 is 9.70 Å². The average Bonchev–Trinajstić information content (AvgIpc) is 2.04. The van der Waals surface area contributed by atoms with Crippen LogP contribution in [0.4, 0.5) is 0 Å². The normalized spacial score (nSPS) is 22.8. The van der Waals surface area contributed by atoms with Crippen molar-refractivity contribution >= 4 is 40.7 Å². The van der Waals surface area contributed by atoms with Gasteiger partial charge in [-0.15, -0.1) is 0 Å². The molecular formula is C8H10Cl3NO. The molecular weight excluding hydrogens is 232 g/mol. The predicted molar refractivity (Wildman–Crippen MR) is 55.2 cm³/mol. The van der Waals surface area contributed by atoms with Crippen LogP contribution < -0.4 is 5.32 Å². The third kappa shape index (κ3) is 3.75. The van der Waals surface area contributed by atoms with Crippen LogP contribution in [0.25, 0.3) is 0 Å². The summed E-state index contributed by atoms with van der Waals surface area (Å²) in [6, 6.07) is 0.0110. The van der Waals surface area contributed by atoms with Crippen LogP contribution in [0.3, 0.4) is 0 Å². The molecule has 1 rings (SSSR count). The molecule has 0 radical (unpaired) electrons. The van der Waals surface area contributed by atoms with Gasteiger partial charge in [-0.2, -0.15) is 0 Å².